The third kappa shape index (κ3) is 5.89. The molecule has 1 aliphatic rings. The Bertz CT molecular complexity index is 1130. The highest BCUT2D eigenvalue weighted by atomic mass is 35.5. The molecule has 166 valence electrons. The number of aromatic amines is 1. The van der Waals surface area contributed by atoms with Crippen LogP contribution in [0.1, 0.15) is 11.3 Å². The minimum absolute atomic E-state index is 0.0478. The number of rotatable bonds is 6. The number of nitrogens with zero attached hydrogens (tertiary/aromatic N) is 3. The summed E-state index contributed by atoms with van der Waals surface area (Å²) in [5.74, 6) is 0.195. The van der Waals surface area contributed by atoms with E-state index in [9.17, 15) is 14.0 Å². The second kappa shape index (κ2) is 10.2. The number of H-pyrrole nitrogens is 1. The lowest BCUT2D eigenvalue weighted by molar-refractivity contribution is -0.130. The Morgan fingerprint density at radius 2 is 1.75 bits per heavy atom. The summed E-state index contributed by atoms with van der Waals surface area (Å²) in [7, 11) is 0. The van der Waals surface area contributed by atoms with Crippen LogP contribution in [0.2, 0.25) is 5.02 Å². The van der Waals surface area contributed by atoms with Gasteiger partial charge in [0.25, 0.3) is 5.56 Å². The van der Waals surface area contributed by atoms with Gasteiger partial charge in [0.1, 0.15) is 5.82 Å². The monoisotopic (exact) mass is 472 g/mol. The summed E-state index contributed by atoms with van der Waals surface area (Å²) in [6, 6.07) is 15.2. The lowest BCUT2D eigenvalue weighted by atomic mass is 10.2. The molecule has 0 saturated carbocycles. The highest BCUT2D eigenvalue weighted by molar-refractivity contribution is 7.98. The average Bonchev–Trinajstić information content (AvgIpc) is 2.79. The number of hydrogen-bond donors (Lipinski definition) is 1. The first-order valence-electron chi connectivity index (χ1n) is 10.2. The van der Waals surface area contributed by atoms with Crippen molar-refractivity contribution in [2.45, 2.75) is 17.3 Å². The van der Waals surface area contributed by atoms with Crippen LogP contribution in [0, 0.1) is 5.82 Å². The van der Waals surface area contributed by atoms with Crippen LogP contribution in [0.5, 0.6) is 0 Å². The fraction of sp³-hybridized carbons (Fsp3) is 0.261. The lowest BCUT2D eigenvalue weighted by Gasteiger charge is -2.36. The predicted octanol–water partition coefficient (Wildman–Crippen LogP) is 3.75. The lowest BCUT2D eigenvalue weighted by Crippen LogP contribution is -2.49. The number of halogens is 2. The van der Waals surface area contributed by atoms with Gasteiger partial charge in [0.05, 0.1) is 12.1 Å². The zero-order chi connectivity index (χ0) is 22.5. The van der Waals surface area contributed by atoms with Gasteiger partial charge < -0.3 is 14.8 Å². The molecule has 1 fully saturated rings. The molecule has 2 heterocycles. The molecule has 9 heteroatoms. The second-order valence-electron chi connectivity index (χ2n) is 7.48. The maximum Gasteiger partial charge on any atom is 0.251 e. The molecular formula is C23H22ClFN4O2S. The Balaban J connectivity index is 1.33. The molecule has 0 bridgehead atoms. The van der Waals surface area contributed by atoms with Gasteiger partial charge in [-0.15, -0.1) is 0 Å². The van der Waals surface area contributed by atoms with Crippen molar-refractivity contribution < 1.29 is 9.18 Å². The zero-order valence-electron chi connectivity index (χ0n) is 17.3. The maximum atomic E-state index is 13.0. The van der Waals surface area contributed by atoms with Gasteiger partial charge in [-0.3, -0.25) is 9.59 Å². The van der Waals surface area contributed by atoms with Gasteiger partial charge >= 0.3 is 0 Å². The summed E-state index contributed by atoms with van der Waals surface area (Å²) >= 11 is 7.29. The first-order valence-corrected chi connectivity index (χ1v) is 11.6. The van der Waals surface area contributed by atoms with Crippen molar-refractivity contribution in [2.24, 2.45) is 0 Å². The second-order valence-corrected chi connectivity index (χ2v) is 8.88. The van der Waals surface area contributed by atoms with Crippen molar-refractivity contribution in [1.29, 1.82) is 0 Å². The molecule has 6 nitrogen and oxygen atoms in total. The molecule has 1 amide bonds. The maximum absolute atomic E-state index is 13.0. The van der Waals surface area contributed by atoms with Gasteiger partial charge in [0.2, 0.25) is 5.91 Å². The fourth-order valence-electron chi connectivity index (χ4n) is 3.51. The topological polar surface area (TPSA) is 69.3 Å². The number of aromatic nitrogens is 2. The van der Waals surface area contributed by atoms with Gasteiger partial charge in [0, 0.05) is 48.7 Å². The van der Waals surface area contributed by atoms with E-state index in [0.717, 1.165) is 24.3 Å². The number of hydrogen-bond acceptors (Lipinski definition) is 5. The minimum atomic E-state index is -0.294. The summed E-state index contributed by atoms with van der Waals surface area (Å²) in [5, 5.41) is 1.14. The molecule has 0 unspecified atom stereocenters. The SMILES string of the molecule is O=C(Cc1cc(=O)[nH]c(SCc2ccc(F)cc2)n1)N1CCN(c2ccc(Cl)cc2)CC1. The number of amides is 1. The summed E-state index contributed by atoms with van der Waals surface area (Å²) in [6.07, 6.45) is 0.0783. The minimum Gasteiger partial charge on any atom is -0.368 e. The van der Waals surface area contributed by atoms with Crippen LogP contribution in [0.15, 0.2) is 64.5 Å². The Kier molecular flexibility index (Phi) is 7.12. The Labute approximate surface area is 194 Å². The third-order valence-corrected chi connectivity index (χ3v) is 6.41. The Hall–Kier alpha value is -2.84. The van der Waals surface area contributed by atoms with Gasteiger partial charge in [-0.05, 0) is 42.0 Å². The van der Waals surface area contributed by atoms with Crippen molar-refractivity contribution in [3.63, 3.8) is 0 Å². The number of piperazine rings is 1. The van der Waals surface area contributed by atoms with Crippen LogP contribution < -0.4 is 10.5 Å². The number of nitrogens with one attached hydrogen (secondary N) is 1. The van der Waals surface area contributed by atoms with E-state index in [1.54, 1.807) is 17.0 Å². The number of benzene rings is 2. The normalized spacial score (nSPS) is 13.9. The number of carbonyl (C=O) groups excluding carboxylic acids is 1. The zero-order valence-corrected chi connectivity index (χ0v) is 18.8. The van der Waals surface area contributed by atoms with E-state index < -0.39 is 0 Å². The van der Waals surface area contributed by atoms with E-state index in [-0.39, 0.29) is 23.7 Å². The molecule has 0 spiro atoms. The van der Waals surface area contributed by atoms with Crippen LogP contribution in [0.4, 0.5) is 10.1 Å². The fourth-order valence-corrected chi connectivity index (χ4v) is 4.48. The van der Waals surface area contributed by atoms with Crippen LogP contribution in [0.3, 0.4) is 0 Å². The van der Waals surface area contributed by atoms with Gasteiger partial charge in [0.15, 0.2) is 5.16 Å². The molecule has 0 aliphatic carbocycles. The molecule has 0 atom stereocenters. The molecule has 32 heavy (non-hydrogen) atoms. The molecule has 1 aliphatic heterocycles. The van der Waals surface area contributed by atoms with E-state index in [1.807, 2.05) is 24.3 Å². The first kappa shape index (κ1) is 22.4. The molecule has 4 rings (SSSR count). The highest BCUT2D eigenvalue weighted by Crippen LogP contribution is 2.21. The predicted molar refractivity (Wildman–Crippen MR) is 125 cm³/mol. The Morgan fingerprint density at radius 3 is 2.44 bits per heavy atom. The number of carbonyl (C=O) groups is 1. The number of anilines is 1. The van der Waals surface area contributed by atoms with Gasteiger partial charge in [-0.1, -0.05) is 35.5 Å². The first-order chi connectivity index (χ1) is 15.5. The van der Waals surface area contributed by atoms with Crippen LogP contribution in [0.25, 0.3) is 0 Å². The van der Waals surface area contributed by atoms with Crippen LogP contribution >= 0.6 is 23.4 Å². The molecular weight excluding hydrogens is 451 g/mol. The van der Waals surface area contributed by atoms with E-state index in [1.165, 1.54) is 30.0 Å². The molecule has 3 aromatic rings. The molecule has 1 saturated heterocycles. The molecule has 0 radical (unpaired) electrons. The van der Waals surface area contributed by atoms with Gasteiger partial charge in [-0.2, -0.15) is 0 Å². The smallest absolute Gasteiger partial charge is 0.251 e. The van der Waals surface area contributed by atoms with Crippen molar-refractivity contribution in [3.05, 3.63) is 87.0 Å². The Morgan fingerprint density at radius 1 is 1.06 bits per heavy atom. The average molecular weight is 473 g/mol. The summed E-state index contributed by atoms with van der Waals surface area (Å²) < 4.78 is 13.0. The number of thioether (sulfide) groups is 1. The van der Waals surface area contributed by atoms with Crippen LogP contribution in [-0.2, 0) is 17.0 Å². The highest BCUT2D eigenvalue weighted by Gasteiger charge is 2.22. The van der Waals surface area contributed by atoms with Crippen molar-refractivity contribution in [1.82, 2.24) is 14.9 Å². The summed E-state index contributed by atoms with van der Waals surface area (Å²) in [4.78, 5) is 36.0. The van der Waals surface area contributed by atoms with Crippen molar-refractivity contribution >= 4 is 35.0 Å². The summed E-state index contributed by atoms with van der Waals surface area (Å²) in [6.45, 7) is 2.68. The van der Waals surface area contributed by atoms with E-state index in [4.69, 9.17) is 11.6 Å². The van der Waals surface area contributed by atoms with E-state index >= 15 is 0 Å². The third-order valence-electron chi connectivity index (χ3n) is 5.22. The van der Waals surface area contributed by atoms with E-state index in [2.05, 4.69) is 14.9 Å². The molecule has 2 aromatic carbocycles. The van der Waals surface area contributed by atoms with Crippen molar-refractivity contribution in [2.75, 3.05) is 31.1 Å². The standard InChI is InChI=1S/C23H22ClFN4O2S/c24-17-3-7-20(8-4-17)28-9-11-29(12-10-28)22(31)14-19-13-21(30)27-23(26-19)32-15-16-1-5-18(25)6-2-16/h1-8,13H,9-12,14-15H2,(H,26,27,30). The van der Waals surface area contributed by atoms with E-state index in [0.29, 0.717) is 34.7 Å². The van der Waals surface area contributed by atoms with Crippen LogP contribution in [-0.4, -0.2) is 47.0 Å². The summed E-state index contributed by atoms with van der Waals surface area (Å²) in [5.41, 5.74) is 2.15. The quantitative estimate of drug-likeness (QED) is 0.437. The van der Waals surface area contributed by atoms with Crippen molar-refractivity contribution in [3.8, 4) is 0 Å². The van der Waals surface area contributed by atoms with Gasteiger partial charge in [-0.25, -0.2) is 9.37 Å². The molecule has 1 aromatic heterocycles. The largest absolute Gasteiger partial charge is 0.368 e. The molecule has 1 N–H and O–H groups in total.